The van der Waals surface area contributed by atoms with Gasteiger partial charge in [0.1, 0.15) is 0 Å². The van der Waals surface area contributed by atoms with Crippen molar-refractivity contribution in [2.45, 2.75) is 71.8 Å². The molecule has 3 nitrogen and oxygen atoms in total. The van der Waals surface area contributed by atoms with Crippen LogP contribution >= 0.6 is 12.4 Å². The molecule has 4 heteroatoms. The minimum absolute atomic E-state index is 0. The Kier molecular flexibility index (Phi) is 8.22. The molecular formula is C22H37ClN2O. The summed E-state index contributed by atoms with van der Waals surface area (Å²) in [6.07, 6.45) is 13.6. The van der Waals surface area contributed by atoms with E-state index < -0.39 is 0 Å². The molecule has 4 saturated carbocycles. The summed E-state index contributed by atoms with van der Waals surface area (Å²) in [6.45, 7) is 7.69. The van der Waals surface area contributed by atoms with Crippen molar-refractivity contribution in [3.8, 4) is 0 Å². The van der Waals surface area contributed by atoms with Gasteiger partial charge in [0.25, 0.3) is 0 Å². The zero-order valence-electron chi connectivity index (χ0n) is 16.7. The maximum atomic E-state index is 12.3. The van der Waals surface area contributed by atoms with E-state index in [-0.39, 0.29) is 18.3 Å². The number of amides is 1. The first kappa shape index (κ1) is 21.5. The molecular weight excluding hydrogens is 344 g/mol. The van der Waals surface area contributed by atoms with Gasteiger partial charge in [-0.25, -0.2) is 0 Å². The summed E-state index contributed by atoms with van der Waals surface area (Å²) in [5.74, 6) is 3.64. The zero-order valence-corrected chi connectivity index (χ0v) is 17.5. The normalized spacial score (nSPS) is 32.1. The zero-order chi connectivity index (χ0) is 17.8. The Morgan fingerprint density at radius 2 is 1.58 bits per heavy atom. The molecule has 2 N–H and O–H groups in total. The third-order valence-electron chi connectivity index (χ3n) is 6.53. The van der Waals surface area contributed by atoms with Gasteiger partial charge < -0.3 is 10.6 Å². The number of rotatable bonds is 8. The van der Waals surface area contributed by atoms with E-state index in [0.29, 0.717) is 12.6 Å². The molecule has 26 heavy (non-hydrogen) atoms. The molecule has 4 aliphatic rings. The number of carbonyl (C=O) groups excluding carboxylic acids is 1. The van der Waals surface area contributed by atoms with E-state index in [2.05, 4.69) is 43.6 Å². The first-order valence-electron chi connectivity index (χ1n) is 10.3. The average molecular weight is 381 g/mol. The third kappa shape index (κ3) is 5.85. The largest absolute Gasteiger partial charge is 0.352 e. The lowest BCUT2D eigenvalue weighted by atomic mass is 9.54. The Hall–Kier alpha value is -0.800. The minimum Gasteiger partial charge on any atom is -0.352 e. The van der Waals surface area contributed by atoms with E-state index in [0.717, 1.165) is 43.1 Å². The molecule has 0 saturated heterocycles. The molecule has 148 valence electrons. The highest BCUT2D eigenvalue weighted by molar-refractivity contribution is 5.85. The topological polar surface area (TPSA) is 41.1 Å². The van der Waals surface area contributed by atoms with E-state index in [4.69, 9.17) is 0 Å². The monoisotopic (exact) mass is 380 g/mol. The predicted octanol–water partition coefficient (Wildman–Crippen LogP) is 4.63. The Bertz CT molecular complexity index is 508. The summed E-state index contributed by atoms with van der Waals surface area (Å²) in [5, 5.41) is 6.65. The van der Waals surface area contributed by atoms with Crippen LogP contribution in [0.2, 0.25) is 0 Å². The summed E-state index contributed by atoms with van der Waals surface area (Å²) in [4.78, 5) is 12.3. The molecule has 4 rings (SSSR count). The van der Waals surface area contributed by atoms with Crippen molar-refractivity contribution in [3.63, 3.8) is 0 Å². The van der Waals surface area contributed by atoms with Gasteiger partial charge in [-0.2, -0.15) is 0 Å². The molecule has 0 radical (unpaired) electrons. The van der Waals surface area contributed by atoms with Crippen LogP contribution in [0.5, 0.6) is 0 Å². The first-order valence-corrected chi connectivity index (χ1v) is 10.3. The van der Waals surface area contributed by atoms with Crippen LogP contribution < -0.4 is 10.6 Å². The Labute approximate surface area is 165 Å². The summed E-state index contributed by atoms with van der Waals surface area (Å²) < 4.78 is 0. The van der Waals surface area contributed by atoms with Crippen LogP contribution in [-0.4, -0.2) is 25.0 Å². The van der Waals surface area contributed by atoms with Crippen LogP contribution in [0.3, 0.4) is 0 Å². The molecule has 4 bridgehead atoms. The lowest BCUT2D eigenvalue weighted by Gasteiger charge is -2.54. The van der Waals surface area contributed by atoms with Crippen LogP contribution in [0.25, 0.3) is 0 Å². The summed E-state index contributed by atoms with van der Waals surface area (Å²) in [5.41, 5.74) is 2.78. The van der Waals surface area contributed by atoms with Crippen molar-refractivity contribution < 1.29 is 4.79 Å². The smallest absolute Gasteiger partial charge is 0.234 e. The fraction of sp³-hybridized carbons (Fsp3) is 0.773. The van der Waals surface area contributed by atoms with Gasteiger partial charge in [0.15, 0.2) is 0 Å². The van der Waals surface area contributed by atoms with Gasteiger partial charge in [-0.3, -0.25) is 4.79 Å². The maximum absolute atomic E-state index is 12.3. The van der Waals surface area contributed by atoms with Crippen molar-refractivity contribution >= 4 is 18.3 Å². The Morgan fingerprint density at radius 3 is 2.15 bits per heavy atom. The number of hydrogen-bond acceptors (Lipinski definition) is 2. The van der Waals surface area contributed by atoms with Crippen molar-refractivity contribution in [3.05, 3.63) is 23.3 Å². The van der Waals surface area contributed by atoms with E-state index >= 15 is 0 Å². The van der Waals surface area contributed by atoms with Gasteiger partial charge in [-0.15, -0.1) is 12.4 Å². The maximum Gasteiger partial charge on any atom is 0.234 e. The van der Waals surface area contributed by atoms with Gasteiger partial charge in [-0.05, 0) is 89.4 Å². The molecule has 4 fully saturated rings. The lowest BCUT2D eigenvalue weighted by Crippen LogP contribution is -2.56. The third-order valence-corrected chi connectivity index (χ3v) is 6.53. The van der Waals surface area contributed by atoms with Gasteiger partial charge in [0.05, 0.1) is 6.54 Å². The second kappa shape index (κ2) is 9.94. The fourth-order valence-electron chi connectivity index (χ4n) is 5.52. The summed E-state index contributed by atoms with van der Waals surface area (Å²) in [6, 6.07) is 0.462. The molecule has 0 aromatic carbocycles. The van der Waals surface area contributed by atoms with Crippen molar-refractivity contribution in [1.82, 2.24) is 10.6 Å². The predicted molar refractivity (Wildman–Crippen MR) is 112 cm³/mol. The molecule has 0 heterocycles. The molecule has 1 amide bonds. The minimum atomic E-state index is 0. The second-order valence-electron chi connectivity index (χ2n) is 9.03. The number of carbonyl (C=O) groups is 1. The highest BCUT2D eigenvalue weighted by Gasteiger charge is 2.48. The quantitative estimate of drug-likeness (QED) is 0.476. The molecule has 4 aliphatic carbocycles. The van der Waals surface area contributed by atoms with Gasteiger partial charge in [0.2, 0.25) is 5.91 Å². The van der Waals surface area contributed by atoms with Gasteiger partial charge in [-0.1, -0.05) is 23.3 Å². The molecule has 0 unspecified atom stereocenters. The number of hydrogen-bond donors (Lipinski definition) is 2. The standard InChI is InChI=1S/C22H36N2O.ClH/c1-15(2)5-4-6-16(3)7-8-23-14-21(25)24-22-19-10-17-9-18(12-19)13-20(22)11-17;/h5,7,17-20,22-23H,4,6,8-14H2,1-3H3,(H,24,25);1H/b16-7+;. The average Bonchev–Trinajstić information content (AvgIpc) is 2.54. The van der Waals surface area contributed by atoms with Crippen LogP contribution in [0.15, 0.2) is 23.3 Å². The SMILES string of the molecule is CC(C)=CCC/C(C)=C/CNCC(=O)NC1C2CC3CC(C2)CC1C3.Cl. The van der Waals surface area contributed by atoms with Crippen LogP contribution in [0.1, 0.15) is 65.7 Å². The number of halogens is 1. The molecule has 0 atom stereocenters. The van der Waals surface area contributed by atoms with E-state index in [1.165, 1.54) is 43.3 Å². The lowest BCUT2D eigenvalue weighted by molar-refractivity contribution is -0.124. The van der Waals surface area contributed by atoms with Gasteiger partial charge >= 0.3 is 0 Å². The highest BCUT2D eigenvalue weighted by Crippen LogP contribution is 2.53. The van der Waals surface area contributed by atoms with Crippen LogP contribution in [0, 0.1) is 23.7 Å². The highest BCUT2D eigenvalue weighted by atomic mass is 35.5. The second-order valence-corrected chi connectivity index (χ2v) is 9.03. The molecule has 0 aromatic heterocycles. The van der Waals surface area contributed by atoms with E-state index in [9.17, 15) is 4.79 Å². The Balaban J connectivity index is 0.00000243. The van der Waals surface area contributed by atoms with E-state index in [1.54, 1.807) is 0 Å². The van der Waals surface area contributed by atoms with Gasteiger partial charge in [0, 0.05) is 12.6 Å². The summed E-state index contributed by atoms with van der Waals surface area (Å²) >= 11 is 0. The number of allylic oxidation sites excluding steroid dienone is 3. The molecule has 0 aliphatic heterocycles. The van der Waals surface area contributed by atoms with Crippen LogP contribution in [0.4, 0.5) is 0 Å². The van der Waals surface area contributed by atoms with Crippen molar-refractivity contribution in [2.24, 2.45) is 23.7 Å². The van der Waals surface area contributed by atoms with Crippen molar-refractivity contribution in [2.75, 3.05) is 13.1 Å². The van der Waals surface area contributed by atoms with Crippen molar-refractivity contribution in [1.29, 1.82) is 0 Å². The van der Waals surface area contributed by atoms with E-state index in [1.807, 2.05) is 0 Å². The summed E-state index contributed by atoms with van der Waals surface area (Å²) in [7, 11) is 0. The Morgan fingerprint density at radius 1 is 0.962 bits per heavy atom. The fourth-order valence-corrected chi connectivity index (χ4v) is 5.52. The molecule has 0 spiro atoms. The molecule has 0 aromatic rings. The number of nitrogens with one attached hydrogen (secondary N) is 2. The van der Waals surface area contributed by atoms with Crippen LogP contribution in [-0.2, 0) is 4.79 Å². The first-order chi connectivity index (χ1) is 12.0.